The third-order valence-corrected chi connectivity index (χ3v) is 9.37. The second-order valence-corrected chi connectivity index (χ2v) is 11.2. The molecule has 2 aliphatic rings. The summed E-state index contributed by atoms with van der Waals surface area (Å²) in [5.74, 6) is 0. The summed E-state index contributed by atoms with van der Waals surface area (Å²) in [6, 6.07) is 24.2. The van der Waals surface area contributed by atoms with Gasteiger partial charge in [-0.2, -0.15) is 0 Å². The summed E-state index contributed by atoms with van der Waals surface area (Å²) in [6.45, 7) is 4.49. The Morgan fingerprint density at radius 2 is 1.34 bits per heavy atom. The van der Waals surface area contributed by atoms with Crippen LogP contribution >= 0.6 is 0 Å². The maximum absolute atomic E-state index is 14.3. The van der Waals surface area contributed by atoms with Gasteiger partial charge in [0.15, 0.2) is 0 Å². The van der Waals surface area contributed by atoms with Crippen LogP contribution < -0.4 is 0 Å². The molecule has 0 aliphatic carbocycles. The van der Waals surface area contributed by atoms with E-state index in [9.17, 15) is 8.42 Å². The van der Waals surface area contributed by atoms with Crippen molar-refractivity contribution in [3.8, 4) is 5.69 Å². The zero-order valence-electron chi connectivity index (χ0n) is 17.5. The van der Waals surface area contributed by atoms with Crippen LogP contribution in [0.3, 0.4) is 0 Å². The predicted octanol–water partition coefficient (Wildman–Crippen LogP) is 6.08. The highest BCUT2D eigenvalue weighted by molar-refractivity contribution is 7.90. The Balaban J connectivity index is 1.85. The smallest absolute Gasteiger partial charge is 0.270 e. The highest BCUT2D eigenvalue weighted by Crippen LogP contribution is 2.53. The van der Waals surface area contributed by atoms with Gasteiger partial charge in [0.1, 0.15) is 4.90 Å². The van der Waals surface area contributed by atoms with Crippen molar-refractivity contribution < 1.29 is 8.42 Å². The van der Waals surface area contributed by atoms with Crippen LogP contribution in [0.2, 0.25) is 0 Å². The summed E-state index contributed by atoms with van der Waals surface area (Å²) < 4.78 is 32.4. The van der Waals surface area contributed by atoms with Gasteiger partial charge in [0.25, 0.3) is 10.0 Å². The van der Waals surface area contributed by atoms with E-state index in [-0.39, 0.29) is 5.41 Å². The highest BCUT2D eigenvalue weighted by atomic mass is 32.2. The molecule has 0 atom stereocenters. The largest absolute Gasteiger partial charge is 0.305 e. The van der Waals surface area contributed by atoms with Gasteiger partial charge in [0, 0.05) is 27.0 Å². The van der Waals surface area contributed by atoms with Gasteiger partial charge < -0.3 is 4.57 Å². The molecule has 0 spiro atoms. The topological polar surface area (TPSA) is 44.0 Å². The Kier molecular flexibility index (Phi) is 2.62. The fourth-order valence-electron chi connectivity index (χ4n) is 6.25. The van der Waals surface area contributed by atoms with Crippen molar-refractivity contribution in [2.24, 2.45) is 0 Å². The lowest BCUT2D eigenvalue weighted by Gasteiger charge is -2.34. The minimum absolute atomic E-state index is 0.261. The van der Waals surface area contributed by atoms with E-state index < -0.39 is 10.0 Å². The number of benzene rings is 4. The lowest BCUT2D eigenvalue weighted by molar-refractivity contribution is 0.591. The maximum Gasteiger partial charge on any atom is 0.270 e. The summed E-state index contributed by atoms with van der Waals surface area (Å²) in [7, 11) is -3.82. The van der Waals surface area contributed by atoms with Crippen molar-refractivity contribution >= 4 is 53.6 Å². The molecule has 0 saturated carbocycles. The Labute approximate surface area is 184 Å². The second kappa shape index (κ2) is 4.92. The van der Waals surface area contributed by atoms with E-state index in [0.29, 0.717) is 4.90 Å². The van der Waals surface area contributed by atoms with E-state index in [1.807, 2.05) is 36.4 Å². The van der Waals surface area contributed by atoms with Gasteiger partial charge in [-0.05, 0) is 23.3 Å². The fourth-order valence-corrected chi connectivity index (χ4v) is 7.98. The lowest BCUT2D eigenvalue weighted by atomic mass is 9.74. The monoisotopic (exact) mass is 434 g/mol. The van der Waals surface area contributed by atoms with Crippen molar-refractivity contribution in [3.05, 3.63) is 83.9 Å². The minimum Gasteiger partial charge on any atom is -0.305 e. The molecule has 6 aromatic rings. The van der Waals surface area contributed by atoms with Crippen LogP contribution in [-0.4, -0.2) is 17.0 Å². The molecular weight excluding hydrogens is 416 g/mol. The van der Waals surface area contributed by atoms with E-state index in [4.69, 9.17) is 0 Å². The average Bonchev–Trinajstić information content (AvgIpc) is 3.28. The summed E-state index contributed by atoms with van der Waals surface area (Å²) >= 11 is 0. The number of rotatable bonds is 0. The average molecular weight is 435 g/mol. The molecular formula is C27H18N2O2S. The third-order valence-electron chi connectivity index (χ3n) is 7.63. The van der Waals surface area contributed by atoms with Gasteiger partial charge >= 0.3 is 0 Å². The molecule has 2 aromatic heterocycles. The first-order valence-corrected chi connectivity index (χ1v) is 12.3. The van der Waals surface area contributed by atoms with Crippen molar-refractivity contribution in [1.29, 1.82) is 0 Å². The molecule has 4 nitrogen and oxygen atoms in total. The van der Waals surface area contributed by atoms with Crippen molar-refractivity contribution in [2.75, 3.05) is 0 Å². The number of aromatic nitrogens is 2. The van der Waals surface area contributed by atoms with Crippen molar-refractivity contribution in [2.45, 2.75) is 24.2 Å². The van der Waals surface area contributed by atoms with Crippen molar-refractivity contribution in [3.63, 3.8) is 0 Å². The lowest BCUT2D eigenvalue weighted by Crippen LogP contribution is -2.26. The number of hydrogen-bond acceptors (Lipinski definition) is 2. The van der Waals surface area contributed by atoms with Gasteiger partial charge in [-0.25, -0.2) is 12.4 Å². The fraction of sp³-hybridized carbons (Fsp3) is 0.111. The maximum atomic E-state index is 14.3. The second-order valence-electron chi connectivity index (χ2n) is 9.46. The molecule has 5 heteroatoms. The minimum atomic E-state index is -3.82. The van der Waals surface area contributed by atoms with Crippen LogP contribution in [0.5, 0.6) is 0 Å². The SMILES string of the molecule is CC1(C)c2ccc3c4ccccc4n4c3c2-n2c3c1cccc3c1cccc(c12)S4(=O)=O. The molecule has 0 fully saturated rings. The van der Waals surface area contributed by atoms with Crippen LogP contribution in [0, 0.1) is 0 Å². The molecule has 0 bridgehead atoms. The number of para-hydroxylation sites is 3. The van der Waals surface area contributed by atoms with Gasteiger partial charge in [0.2, 0.25) is 0 Å². The van der Waals surface area contributed by atoms with Gasteiger partial charge in [-0.3, -0.25) is 0 Å². The summed E-state index contributed by atoms with van der Waals surface area (Å²) in [5, 5.41) is 4.03. The first-order valence-electron chi connectivity index (χ1n) is 10.8. The van der Waals surface area contributed by atoms with Gasteiger partial charge in [0.05, 0.1) is 27.8 Å². The number of hydrogen-bond donors (Lipinski definition) is 0. The normalized spacial score (nSPS) is 17.2. The molecule has 0 unspecified atom stereocenters. The zero-order chi connectivity index (χ0) is 21.6. The van der Waals surface area contributed by atoms with E-state index in [0.717, 1.165) is 54.9 Å². The zero-order valence-corrected chi connectivity index (χ0v) is 18.4. The summed E-state index contributed by atoms with van der Waals surface area (Å²) in [5.41, 5.74) is 6.53. The standard InChI is InChI=1S/C27H18N2O2S/c1-27(2)19-10-5-8-16-17-9-6-12-22-24(17)28(23(16)19)26-20(27)14-13-18-15-7-3-4-11-21(15)29(25(18)26)32(22,30)31/h3-14H,1-2H3. The number of nitrogens with zero attached hydrogens (tertiary/aromatic N) is 2. The highest BCUT2D eigenvalue weighted by Gasteiger charge is 2.41. The van der Waals surface area contributed by atoms with Gasteiger partial charge in [-0.1, -0.05) is 74.5 Å². The molecule has 154 valence electrons. The quantitative estimate of drug-likeness (QED) is 0.290. The first-order chi connectivity index (χ1) is 15.4. The molecule has 0 radical (unpaired) electrons. The molecule has 0 N–H and O–H groups in total. The van der Waals surface area contributed by atoms with Crippen LogP contribution in [0.25, 0.3) is 49.3 Å². The number of fused-ring (bicyclic) bond motifs is 4. The Hall–Kier alpha value is -3.57. The van der Waals surface area contributed by atoms with E-state index >= 15 is 0 Å². The predicted molar refractivity (Wildman–Crippen MR) is 128 cm³/mol. The van der Waals surface area contributed by atoms with Gasteiger partial charge in [-0.15, -0.1) is 0 Å². The first kappa shape index (κ1) is 17.0. The molecule has 0 saturated heterocycles. The van der Waals surface area contributed by atoms with Crippen LogP contribution in [0.1, 0.15) is 25.0 Å². The van der Waals surface area contributed by atoms with E-state index in [1.54, 1.807) is 10.0 Å². The summed E-state index contributed by atoms with van der Waals surface area (Å²) in [4.78, 5) is 0.363. The van der Waals surface area contributed by atoms with Crippen LogP contribution in [0.4, 0.5) is 0 Å². The van der Waals surface area contributed by atoms with E-state index in [1.165, 1.54) is 5.56 Å². The molecule has 32 heavy (non-hydrogen) atoms. The van der Waals surface area contributed by atoms with E-state index in [2.05, 4.69) is 48.7 Å². The Morgan fingerprint density at radius 1 is 0.656 bits per heavy atom. The Bertz CT molecular complexity index is 1970. The third kappa shape index (κ3) is 1.57. The van der Waals surface area contributed by atoms with Crippen LogP contribution in [-0.2, 0) is 15.4 Å². The molecule has 0 amide bonds. The molecule has 8 rings (SSSR count). The van der Waals surface area contributed by atoms with Crippen LogP contribution in [0.15, 0.2) is 77.7 Å². The summed E-state index contributed by atoms with van der Waals surface area (Å²) in [6.07, 6.45) is 0. The molecule has 2 aliphatic heterocycles. The molecule has 4 heterocycles. The van der Waals surface area contributed by atoms with Crippen molar-refractivity contribution in [1.82, 2.24) is 8.54 Å². The molecule has 4 aromatic carbocycles. The Morgan fingerprint density at radius 3 is 2.19 bits per heavy atom.